The average Bonchev–Trinajstić information content (AvgIpc) is 2.89. The summed E-state index contributed by atoms with van der Waals surface area (Å²) in [5.74, 6) is 0.977. The molecule has 0 fully saturated rings. The summed E-state index contributed by atoms with van der Waals surface area (Å²) in [4.78, 5) is 0. The fourth-order valence-corrected chi connectivity index (χ4v) is 2.90. The van der Waals surface area contributed by atoms with Gasteiger partial charge in [-0.05, 0) is 76.3 Å². The van der Waals surface area contributed by atoms with Gasteiger partial charge in [0.2, 0.25) is 0 Å². The van der Waals surface area contributed by atoms with Crippen LogP contribution in [-0.4, -0.2) is 13.7 Å². The summed E-state index contributed by atoms with van der Waals surface area (Å²) in [6.07, 6.45) is 5.28. The first-order valence-corrected chi connectivity index (χ1v) is 7.90. The summed E-state index contributed by atoms with van der Waals surface area (Å²) in [5.41, 5.74) is 2.62. The van der Waals surface area contributed by atoms with Crippen LogP contribution in [0.15, 0.2) is 18.2 Å². The van der Waals surface area contributed by atoms with Crippen molar-refractivity contribution < 1.29 is 4.74 Å². The van der Waals surface area contributed by atoms with E-state index in [1.54, 1.807) is 0 Å². The molecule has 0 spiro atoms. The van der Waals surface area contributed by atoms with Crippen molar-refractivity contribution in [2.45, 2.75) is 52.0 Å². The third-order valence-corrected chi connectivity index (χ3v) is 4.31. The second-order valence-corrected chi connectivity index (χ2v) is 6.54. The molecule has 0 aromatic heterocycles. The number of benzene rings is 1. The zero-order valence-corrected chi connectivity index (χ0v) is 13.4. The summed E-state index contributed by atoms with van der Waals surface area (Å²) in [6, 6.07) is 9.30. The standard InChI is InChI=1S/C18H26N2O/c1-18(2,13-19)10-4-5-11-21-15-7-8-16-14(12-15)6-9-17(16)20-3/h7-8,12,17,20H,4-6,9-11H2,1-3H3. The van der Waals surface area contributed by atoms with Crippen LogP contribution in [0.3, 0.4) is 0 Å². The van der Waals surface area contributed by atoms with Gasteiger partial charge in [0.05, 0.1) is 18.1 Å². The van der Waals surface area contributed by atoms with Gasteiger partial charge in [0.15, 0.2) is 0 Å². The number of unbranched alkanes of at least 4 members (excludes halogenated alkanes) is 1. The van der Waals surface area contributed by atoms with E-state index in [0.29, 0.717) is 6.04 Å². The minimum atomic E-state index is -0.213. The maximum absolute atomic E-state index is 8.97. The van der Waals surface area contributed by atoms with Crippen molar-refractivity contribution >= 4 is 0 Å². The van der Waals surface area contributed by atoms with Crippen molar-refractivity contribution in [3.8, 4) is 11.8 Å². The Morgan fingerprint density at radius 3 is 2.90 bits per heavy atom. The van der Waals surface area contributed by atoms with Crippen LogP contribution in [0.1, 0.15) is 56.7 Å². The number of hydrogen-bond donors (Lipinski definition) is 1. The molecule has 0 heterocycles. The van der Waals surface area contributed by atoms with Crippen molar-refractivity contribution in [2.24, 2.45) is 5.41 Å². The molecule has 0 radical (unpaired) electrons. The molecule has 114 valence electrons. The lowest BCUT2D eigenvalue weighted by Gasteiger charge is -2.15. The van der Waals surface area contributed by atoms with E-state index in [1.165, 1.54) is 17.5 Å². The Morgan fingerprint density at radius 2 is 2.19 bits per heavy atom. The number of nitriles is 1. The molecule has 1 atom stereocenters. The zero-order chi connectivity index (χ0) is 15.3. The quantitative estimate of drug-likeness (QED) is 0.771. The third kappa shape index (κ3) is 4.22. The van der Waals surface area contributed by atoms with Gasteiger partial charge in [-0.3, -0.25) is 0 Å². The van der Waals surface area contributed by atoms with Crippen LogP contribution in [0, 0.1) is 16.7 Å². The minimum Gasteiger partial charge on any atom is -0.494 e. The molecule has 0 amide bonds. The maximum atomic E-state index is 8.97. The Hall–Kier alpha value is -1.53. The molecular weight excluding hydrogens is 260 g/mol. The van der Waals surface area contributed by atoms with Gasteiger partial charge in [0.25, 0.3) is 0 Å². The lowest BCUT2D eigenvalue weighted by atomic mass is 9.89. The third-order valence-electron chi connectivity index (χ3n) is 4.31. The van der Waals surface area contributed by atoms with E-state index in [9.17, 15) is 0 Å². The fourth-order valence-electron chi connectivity index (χ4n) is 2.90. The van der Waals surface area contributed by atoms with Crippen LogP contribution >= 0.6 is 0 Å². The Labute approximate surface area is 128 Å². The molecule has 0 aliphatic heterocycles. The predicted octanol–water partition coefficient (Wildman–Crippen LogP) is 3.99. The fraction of sp³-hybridized carbons (Fsp3) is 0.611. The van der Waals surface area contributed by atoms with Crippen LogP contribution in [-0.2, 0) is 6.42 Å². The van der Waals surface area contributed by atoms with Crippen molar-refractivity contribution in [2.75, 3.05) is 13.7 Å². The molecule has 0 saturated heterocycles. The molecular formula is C18H26N2O. The van der Waals surface area contributed by atoms with Crippen molar-refractivity contribution in [3.05, 3.63) is 29.3 Å². The molecule has 1 aliphatic carbocycles. The smallest absolute Gasteiger partial charge is 0.119 e. The number of nitrogens with zero attached hydrogens (tertiary/aromatic N) is 1. The predicted molar refractivity (Wildman–Crippen MR) is 85.3 cm³/mol. The summed E-state index contributed by atoms with van der Waals surface area (Å²) in [7, 11) is 2.02. The minimum absolute atomic E-state index is 0.213. The van der Waals surface area contributed by atoms with E-state index >= 15 is 0 Å². The molecule has 0 bridgehead atoms. The average molecular weight is 286 g/mol. The molecule has 0 saturated carbocycles. The van der Waals surface area contributed by atoms with E-state index in [0.717, 1.165) is 38.0 Å². The van der Waals surface area contributed by atoms with Crippen LogP contribution in [0.5, 0.6) is 5.75 Å². The van der Waals surface area contributed by atoms with Gasteiger partial charge in [-0.25, -0.2) is 0 Å². The van der Waals surface area contributed by atoms with Gasteiger partial charge in [0.1, 0.15) is 5.75 Å². The Morgan fingerprint density at radius 1 is 1.38 bits per heavy atom. The highest BCUT2D eigenvalue weighted by Crippen LogP contribution is 2.33. The Bertz CT molecular complexity index is 516. The van der Waals surface area contributed by atoms with E-state index in [2.05, 4.69) is 29.6 Å². The van der Waals surface area contributed by atoms with Crippen LogP contribution in [0.25, 0.3) is 0 Å². The highest BCUT2D eigenvalue weighted by molar-refractivity contribution is 5.40. The highest BCUT2D eigenvalue weighted by atomic mass is 16.5. The second kappa shape index (κ2) is 6.95. The van der Waals surface area contributed by atoms with E-state index in [4.69, 9.17) is 10.00 Å². The number of fused-ring (bicyclic) bond motifs is 1. The van der Waals surface area contributed by atoms with Crippen molar-refractivity contribution in [1.29, 1.82) is 5.26 Å². The molecule has 1 aromatic carbocycles. The van der Waals surface area contributed by atoms with Gasteiger partial charge in [0, 0.05) is 6.04 Å². The number of rotatable bonds is 7. The van der Waals surface area contributed by atoms with E-state index in [1.807, 2.05) is 20.9 Å². The first-order valence-electron chi connectivity index (χ1n) is 7.90. The molecule has 1 aliphatic rings. The van der Waals surface area contributed by atoms with Gasteiger partial charge in [-0.15, -0.1) is 0 Å². The first-order chi connectivity index (χ1) is 10.1. The summed E-state index contributed by atoms with van der Waals surface area (Å²) in [6.45, 7) is 4.72. The van der Waals surface area contributed by atoms with Gasteiger partial charge < -0.3 is 10.1 Å². The molecule has 1 N–H and O–H groups in total. The highest BCUT2D eigenvalue weighted by Gasteiger charge is 2.21. The van der Waals surface area contributed by atoms with Crippen molar-refractivity contribution in [1.82, 2.24) is 5.32 Å². The van der Waals surface area contributed by atoms with Gasteiger partial charge in [-0.1, -0.05) is 6.07 Å². The zero-order valence-electron chi connectivity index (χ0n) is 13.4. The largest absolute Gasteiger partial charge is 0.494 e. The maximum Gasteiger partial charge on any atom is 0.119 e. The number of ether oxygens (including phenoxy) is 1. The molecule has 1 aromatic rings. The van der Waals surface area contributed by atoms with Crippen molar-refractivity contribution in [3.63, 3.8) is 0 Å². The van der Waals surface area contributed by atoms with Crippen LogP contribution in [0.2, 0.25) is 0 Å². The SMILES string of the molecule is CNC1CCc2cc(OCCCCC(C)(C)C#N)ccc21. The number of nitrogens with one attached hydrogen (secondary N) is 1. The summed E-state index contributed by atoms with van der Waals surface area (Å²) in [5, 5.41) is 12.3. The summed E-state index contributed by atoms with van der Waals surface area (Å²) < 4.78 is 5.85. The van der Waals surface area contributed by atoms with E-state index < -0.39 is 0 Å². The van der Waals surface area contributed by atoms with E-state index in [-0.39, 0.29) is 5.41 Å². The molecule has 21 heavy (non-hydrogen) atoms. The van der Waals surface area contributed by atoms with Crippen LogP contribution < -0.4 is 10.1 Å². The topological polar surface area (TPSA) is 45.0 Å². The molecule has 2 rings (SSSR count). The number of aryl methyl sites for hydroxylation is 1. The second-order valence-electron chi connectivity index (χ2n) is 6.54. The van der Waals surface area contributed by atoms with Gasteiger partial charge in [-0.2, -0.15) is 5.26 Å². The monoisotopic (exact) mass is 286 g/mol. The summed E-state index contributed by atoms with van der Waals surface area (Å²) >= 11 is 0. The Balaban J connectivity index is 1.77. The molecule has 3 nitrogen and oxygen atoms in total. The normalized spacial score (nSPS) is 17.3. The van der Waals surface area contributed by atoms with Crippen LogP contribution in [0.4, 0.5) is 0 Å². The Kier molecular flexibility index (Phi) is 5.25. The molecule has 1 unspecified atom stereocenters. The molecule has 3 heteroatoms. The van der Waals surface area contributed by atoms with Gasteiger partial charge >= 0.3 is 0 Å². The lowest BCUT2D eigenvalue weighted by molar-refractivity contribution is 0.294. The first kappa shape index (κ1) is 15.9. The number of hydrogen-bond acceptors (Lipinski definition) is 3. The lowest BCUT2D eigenvalue weighted by Crippen LogP contribution is -2.12.